The van der Waals surface area contributed by atoms with E-state index < -0.39 is 0 Å². The van der Waals surface area contributed by atoms with Gasteiger partial charge in [0, 0.05) is 24.1 Å². The second-order valence-electron chi connectivity index (χ2n) is 5.45. The van der Waals surface area contributed by atoms with Crippen molar-refractivity contribution in [3.05, 3.63) is 34.6 Å². The first-order valence-corrected chi connectivity index (χ1v) is 9.14. The maximum absolute atomic E-state index is 5.78. The number of halogens is 1. The van der Waals surface area contributed by atoms with Crippen LogP contribution in [0, 0.1) is 0 Å². The van der Waals surface area contributed by atoms with Gasteiger partial charge in [-0.05, 0) is 13.0 Å². The van der Waals surface area contributed by atoms with Gasteiger partial charge in [-0.1, -0.05) is 45.9 Å². The number of nitrogens with two attached hydrogens (primary N) is 1. The van der Waals surface area contributed by atoms with Crippen LogP contribution in [0.25, 0.3) is 11.4 Å². The number of anilines is 2. The molecule has 0 aliphatic rings. The number of nitrogen functional groups attached to an aromatic ring is 1. The zero-order chi connectivity index (χ0) is 18.0. The van der Waals surface area contributed by atoms with E-state index in [0.29, 0.717) is 22.8 Å². The molecule has 1 unspecified atom stereocenters. The highest BCUT2D eigenvalue weighted by Gasteiger charge is 2.17. The van der Waals surface area contributed by atoms with Crippen LogP contribution >= 0.6 is 27.7 Å². The van der Waals surface area contributed by atoms with Crippen molar-refractivity contribution >= 4 is 39.6 Å². The van der Waals surface area contributed by atoms with Gasteiger partial charge >= 0.3 is 0 Å². The standard InChI is InChI=1S/C15H17BrN8S/c1-8(11-18-13(17)21-14(19-11)24(2)3)25-15-20-12(22-23-15)9-6-4-5-7-10(9)16/h4-8H,1-3H3,(H,20,22,23)(H2,17,18,19,21). The molecule has 3 rings (SSSR count). The van der Waals surface area contributed by atoms with Crippen molar-refractivity contribution < 1.29 is 0 Å². The molecule has 130 valence electrons. The normalized spacial score (nSPS) is 12.2. The lowest BCUT2D eigenvalue weighted by Gasteiger charge is -2.13. The van der Waals surface area contributed by atoms with E-state index in [0.717, 1.165) is 10.0 Å². The lowest BCUT2D eigenvalue weighted by molar-refractivity contribution is 0.858. The van der Waals surface area contributed by atoms with Crippen molar-refractivity contribution in [3.8, 4) is 11.4 Å². The molecule has 10 heteroatoms. The molecule has 0 aliphatic carbocycles. The summed E-state index contributed by atoms with van der Waals surface area (Å²) in [6, 6.07) is 7.84. The average molecular weight is 421 g/mol. The summed E-state index contributed by atoms with van der Waals surface area (Å²) in [5, 5.41) is 7.77. The Morgan fingerprint density at radius 3 is 2.64 bits per heavy atom. The number of nitrogens with one attached hydrogen (secondary N) is 1. The molecule has 0 saturated heterocycles. The third-order valence-electron chi connectivity index (χ3n) is 3.30. The van der Waals surface area contributed by atoms with Crippen LogP contribution in [0.4, 0.5) is 11.9 Å². The highest BCUT2D eigenvalue weighted by Crippen LogP contribution is 2.33. The summed E-state index contributed by atoms with van der Waals surface area (Å²) in [6.45, 7) is 1.98. The van der Waals surface area contributed by atoms with Crippen molar-refractivity contribution in [1.29, 1.82) is 0 Å². The molecular formula is C15H17BrN8S. The number of nitrogens with zero attached hydrogens (tertiary/aromatic N) is 6. The van der Waals surface area contributed by atoms with Crippen molar-refractivity contribution in [2.24, 2.45) is 0 Å². The summed E-state index contributed by atoms with van der Waals surface area (Å²) >= 11 is 4.97. The fourth-order valence-corrected chi connectivity index (χ4v) is 3.30. The number of rotatable bonds is 5. The summed E-state index contributed by atoms with van der Waals surface area (Å²) in [7, 11) is 3.71. The van der Waals surface area contributed by atoms with Crippen LogP contribution in [0.3, 0.4) is 0 Å². The van der Waals surface area contributed by atoms with Crippen LogP contribution in [0.5, 0.6) is 0 Å². The molecule has 0 amide bonds. The number of thioether (sulfide) groups is 1. The fraction of sp³-hybridized carbons (Fsp3) is 0.267. The van der Waals surface area contributed by atoms with Crippen molar-refractivity contribution in [3.63, 3.8) is 0 Å². The van der Waals surface area contributed by atoms with E-state index in [-0.39, 0.29) is 11.2 Å². The first-order chi connectivity index (χ1) is 11.9. The lowest BCUT2D eigenvalue weighted by atomic mass is 10.2. The van der Waals surface area contributed by atoms with Gasteiger partial charge in [0.1, 0.15) is 5.82 Å². The third kappa shape index (κ3) is 4.07. The minimum atomic E-state index is -0.0770. The van der Waals surface area contributed by atoms with Gasteiger partial charge in [0.15, 0.2) is 5.82 Å². The van der Waals surface area contributed by atoms with E-state index in [9.17, 15) is 0 Å². The fourth-order valence-electron chi connectivity index (χ4n) is 2.06. The second-order valence-corrected chi connectivity index (χ2v) is 7.62. The molecule has 0 bridgehead atoms. The first kappa shape index (κ1) is 17.6. The number of aromatic nitrogens is 6. The molecule has 0 aliphatic heterocycles. The number of hydrogen-bond acceptors (Lipinski definition) is 8. The molecule has 3 N–H and O–H groups in total. The Kier molecular flexibility index (Phi) is 5.19. The highest BCUT2D eigenvalue weighted by atomic mass is 79.9. The summed E-state index contributed by atoms with van der Waals surface area (Å²) < 4.78 is 0.955. The van der Waals surface area contributed by atoms with E-state index in [1.54, 1.807) is 4.90 Å². The SMILES string of the molecule is CC(Sc1n[nH]c(-c2ccccc2Br)n1)c1nc(N)nc(N(C)C)n1. The number of aromatic amines is 1. The van der Waals surface area contributed by atoms with E-state index in [1.165, 1.54) is 11.8 Å². The Labute approximate surface area is 157 Å². The average Bonchev–Trinajstić information content (AvgIpc) is 3.02. The highest BCUT2D eigenvalue weighted by molar-refractivity contribution is 9.10. The summed E-state index contributed by atoms with van der Waals surface area (Å²) in [5.41, 5.74) is 6.74. The van der Waals surface area contributed by atoms with Crippen LogP contribution in [0.1, 0.15) is 18.0 Å². The van der Waals surface area contributed by atoms with Crippen LogP contribution in [0.2, 0.25) is 0 Å². The van der Waals surface area contributed by atoms with Gasteiger partial charge in [-0.25, -0.2) is 4.98 Å². The van der Waals surface area contributed by atoms with Crippen molar-refractivity contribution in [1.82, 2.24) is 30.1 Å². The monoisotopic (exact) mass is 420 g/mol. The van der Waals surface area contributed by atoms with E-state index >= 15 is 0 Å². The molecule has 0 spiro atoms. The van der Waals surface area contributed by atoms with Gasteiger partial charge in [0.25, 0.3) is 0 Å². The van der Waals surface area contributed by atoms with Gasteiger partial charge in [0.2, 0.25) is 17.1 Å². The molecule has 2 heterocycles. The Bertz CT molecular complexity index is 881. The zero-order valence-electron chi connectivity index (χ0n) is 13.9. The third-order valence-corrected chi connectivity index (χ3v) is 4.95. The summed E-state index contributed by atoms with van der Waals surface area (Å²) in [5.74, 6) is 2.02. The molecule has 1 atom stereocenters. The van der Waals surface area contributed by atoms with E-state index in [2.05, 4.69) is 46.1 Å². The van der Waals surface area contributed by atoms with Crippen LogP contribution in [-0.2, 0) is 0 Å². The van der Waals surface area contributed by atoms with Crippen LogP contribution in [0.15, 0.2) is 33.9 Å². The second kappa shape index (κ2) is 7.36. The Morgan fingerprint density at radius 1 is 1.16 bits per heavy atom. The molecule has 0 radical (unpaired) electrons. The lowest BCUT2D eigenvalue weighted by Crippen LogP contribution is -2.16. The van der Waals surface area contributed by atoms with Crippen molar-refractivity contribution in [2.45, 2.75) is 17.3 Å². The maximum atomic E-state index is 5.78. The van der Waals surface area contributed by atoms with Crippen molar-refractivity contribution in [2.75, 3.05) is 24.7 Å². The maximum Gasteiger partial charge on any atom is 0.229 e. The molecule has 0 fully saturated rings. The number of benzene rings is 1. The minimum absolute atomic E-state index is 0.0770. The molecule has 1 aromatic carbocycles. The quantitative estimate of drug-likeness (QED) is 0.606. The molecule has 3 aromatic rings. The largest absolute Gasteiger partial charge is 0.368 e. The van der Waals surface area contributed by atoms with Gasteiger partial charge < -0.3 is 10.6 Å². The summed E-state index contributed by atoms with van der Waals surface area (Å²) in [4.78, 5) is 19.1. The minimum Gasteiger partial charge on any atom is -0.368 e. The van der Waals surface area contributed by atoms with Crippen LogP contribution in [-0.4, -0.2) is 44.2 Å². The van der Waals surface area contributed by atoms with E-state index in [1.807, 2.05) is 45.3 Å². The molecular weight excluding hydrogens is 404 g/mol. The first-order valence-electron chi connectivity index (χ1n) is 7.46. The topological polar surface area (TPSA) is 110 Å². The van der Waals surface area contributed by atoms with Gasteiger partial charge in [0.05, 0.1) is 5.25 Å². The smallest absolute Gasteiger partial charge is 0.229 e. The number of H-pyrrole nitrogens is 1. The molecule has 0 saturated carbocycles. The predicted molar refractivity (Wildman–Crippen MR) is 102 cm³/mol. The summed E-state index contributed by atoms with van der Waals surface area (Å²) in [6.07, 6.45) is 0. The Balaban J connectivity index is 1.80. The molecule has 25 heavy (non-hydrogen) atoms. The Hall–Kier alpha value is -2.20. The Morgan fingerprint density at radius 2 is 1.92 bits per heavy atom. The molecule has 8 nitrogen and oxygen atoms in total. The van der Waals surface area contributed by atoms with Gasteiger partial charge in [-0.2, -0.15) is 15.0 Å². The number of hydrogen-bond donors (Lipinski definition) is 2. The molecule has 2 aromatic heterocycles. The van der Waals surface area contributed by atoms with E-state index in [4.69, 9.17) is 5.73 Å². The zero-order valence-corrected chi connectivity index (χ0v) is 16.3. The van der Waals surface area contributed by atoms with Crippen LogP contribution < -0.4 is 10.6 Å². The van der Waals surface area contributed by atoms with Gasteiger partial charge in [-0.3, -0.25) is 5.10 Å². The predicted octanol–water partition coefficient (Wildman–Crippen LogP) is 2.92. The van der Waals surface area contributed by atoms with Gasteiger partial charge in [-0.15, -0.1) is 5.10 Å².